The molecule has 1 fully saturated rings. The summed E-state index contributed by atoms with van der Waals surface area (Å²) in [6.07, 6.45) is 0. The van der Waals surface area contributed by atoms with Gasteiger partial charge in [-0.05, 0) is 11.6 Å². The summed E-state index contributed by atoms with van der Waals surface area (Å²) in [6.45, 7) is 8.10. The minimum absolute atomic E-state index is 0.682. The van der Waals surface area contributed by atoms with Crippen LogP contribution in [0.15, 0.2) is 59.6 Å². The molecule has 1 heterocycles. The Balaban J connectivity index is 1.34. The summed E-state index contributed by atoms with van der Waals surface area (Å²) in [4.78, 5) is 9.38. The molecule has 3 rings (SSSR count). The number of piperazine rings is 1. The van der Waals surface area contributed by atoms with Crippen molar-refractivity contribution in [2.45, 2.75) is 13.1 Å². The number of nitrogens with zero attached hydrogens (tertiary/aromatic N) is 3. The van der Waals surface area contributed by atoms with Gasteiger partial charge < -0.3 is 15.4 Å². The highest BCUT2D eigenvalue weighted by Gasteiger charge is 2.16. The van der Waals surface area contributed by atoms with Crippen molar-refractivity contribution in [1.29, 1.82) is 0 Å². The second kappa shape index (κ2) is 11.4. The molecule has 2 aromatic carbocycles. The third-order valence-corrected chi connectivity index (χ3v) is 5.30. The van der Waals surface area contributed by atoms with Gasteiger partial charge in [-0.3, -0.25) is 14.8 Å². The average Bonchev–Trinajstić information content (AvgIpc) is 2.78. The Bertz CT molecular complexity index is 757. The van der Waals surface area contributed by atoms with Crippen LogP contribution < -0.4 is 15.4 Å². The van der Waals surface area contributed by atoms with Crippen LogP contribution in [0.25, 0.3) is 0 Å². The van der Waals surface area contributed by atoms with Gasteiger partial charge in [0.25, 0.3) is 0 Å². The van der Waals surface area contributed by atoms with Crippen LogP contribution in [0.5, 0.6) is 5.75 Å². The molecule has 29 heavy (non-hydrogen) atoms. The smallest absolute Gasteiger partial charge is 0.191 e. The fraction of sp³-hybridized carbons (Fsp3) is 0.435. The summed E-state index contributed by atoms with van der Waals surface area (Å²) >= 11 is 0. The number of para-hydroxylation sites is 1. The average molecular weight is 396 g/mol. The van der Waals surface area contributed by atoms with Crippen LogP contribution in [0.2, 0.25) is 0 Å². The maximum atomic E-state index is 5.41. The highest BCUT2D eigenvalue weighted by atomic mass is 16.5. The van der Waals surface area contributed by atoms with E-state index in [1.54, 1.807) is 14.2 Å². The number of aliphatic imine (C=N–C) groups is 1. The Hall–Kier alpha value is -2.57. The molecule has 156 valence electrons. The molecule has 0 aliphatic carbocycles. The number of hydrogen-bond acceptors (Lipinski definition) is 4. The molecular weight excluding hydrogens is 362 g/mol. The van der Waals surface area contributed by atoms with E-state index in [-0.39, 0.29) is 0 Å². The molecule has 0 bridgehead atoms. The third-order valence-electron chi connectivity index (χ3n) is 5.30. The normalized spacial score (nSPS) is 15.9. The van der Waals surface area contributed by atoms with Crippen molar-refractivity contribution in [1.82, 2.24) is 20.4 Å². The zero-order chi connectivity index (χ0) is 20.3. The Morgan fingerprint density at radius 3 is 2.34 bits per heavy atom. The molecule has 0 saturated carbocycles. The maximum Gasteiger partial charge on any atom is 0.191 e. The maximum absolute atomic E-state index is 5.41. The second-order valence-corrected chi connectivity index (χ2v) is 7.27. The van der Waals surface area contributed by atoms with Gasteiger partial charge in [-0.2, -0.15) is 0 Å². The summed E-state index contributed by atoms with van der Waals surface area (Å²) in [7, 11) is 3.51. The van der Waals surface area contributed by atoms with Gasteiger partial charge in [-0.1, -0.05) is 48.5 Å². The second-order valence-electron chi connectivity index (χ2n) is 7.27. The van der Waals surface area contributed by atoms with E-state index in [9.17, 15) is 0 Å². The standard InChI is InChI=1S/C23H33N5O/c1-24-23(26-18-21-10-6-7-11-22(21)29-2)25-12-13-27-14-16-28(17-15-27)19-20-8-4-3-5-9-20/h3-11H,12-19H2,1-2H3,(H2,24,25,26). The molecule has 0 atom stereocenters. The lowest BCUT2D eigenvalue weighted by molar-refractivity contribution is 0.129. The monoisotopic (exact) mass is 395 g/mol. The summed E-state index contributed by atoms with van der Waals surface area (Å²) in [6, 6.07) is 18.8. The molecule has 0 spiro atoms. The quantitative estimate of drug-likeness (QED) is 0.530. The Labute approximate surface area is 174 Å². The summed E-state index contributed by atoms with van der Waals surface area (Å²) in [5, 5.41) is 6.78. The number of ether oxygens (including phenoxy) is 1. The summed E-state index contributed by atoms with van der Waals surface area (Å²) in [5.74, 6) is 1.71. The number of nitrogens with one attached hydrogen (secondary N) is 2. The van der Waals surface area contributed by atoms with E-state index >= 15 is 0 Å². The van der Waals surface area contributed by atoms with Crippen molar-refractivity contribution in [3.8, 4) is 5.75 Å². The van der Waals surface area contributed by atoms with E-state index in [1.165, 1.54) is 5.56 Å². The SMILES string of the molecule is CN=C(NCCN1CCN(Cc2ccccc2)CC1)NCc1ccccc1OC. The number of hydrogen-bond donors (Lipinski definition) is 2. The lowest BCUT2D eigenvalue weighted by Crippen LogP contribution is -2.48. The zero-order valence-corrected chi connectivity index (χ0v) is 17.6. The van der Waals surface area contributed by atoms with Crippen LogP contribution in [0.4, 0.5) is 0 Å². The van der Waals surface area contributed by atoms with Crippen molar-refractivity contribution in [3.05, 3.63) is 65.7 Å². The molecule has 1 aliphatic rings. The Morgan fingerprint density at radius 1 is 0.931 bits per heavy atom. The lowest BCUT2D eigenvalue weighted by Gasteiger charge is -2.34. The van der Waals surface area contributed by atoms with Crippen LogP contribution in [0, 0.1) is 0 Å². The summed E-state index contributed by atoms with van der Waals surface area (Å²) < 4.78 is 5.41. The van der Waals surface area contributed by atoms with Gasteiger partial charge in [0.05, 0.1) is 7.11 Å². The lowest BCUT2D eigenvalue weighted by atomic mass is 10.2. The van der Waals surface area contributed by atoms with Gasteiger partial charge in [-0.15, -0.1) is 0 Å². The molecule has 1 aliphatic heterocycles. The first-order chi connectivity index (χ1) is 14.3. The largest absolute Gasteiger partial charge is 0.496 e. The van der Waals surface area contributed by atoms with Crippen LogP contribution in [-0.2, 0) is 13.1 Å². The number of guanidine groups is 1. The molecule has 0 amide bonds. The Morgan fingerprint density at radius 2 is 1.62 bits per heavy atom. The molecule has 6 nitrogen and oxygen atoms in total. The van der Waals surface area contributed by atoms with Crippen LogP contribution in [0.3, 0.4) is 0 Å². The van der Waals surface area contributed by atoms with E-state index in [1.807, 2.05) is 18.2 Å². The van der Waals surface area contributed by atoms with Gasteiger partial charge in [0.2, 0.25) is 0 Å². The Kier molecular flexibility index (Phi) is 8.34. The molecule has 0 radical (unpaired) electrons. The molecule has 2 aromatic rings. The van der Waals surface area contributed by atoms with E-state index < -0.39 is 0 Å². The fourth-order valence-corrected chi connectivity index (χ4v) is 3.59. The third kappa shape index (κ3) is 6.76. The number of methoxy groups -OCH3 is 1. The zero-order valence-electron chi connectivity index (χ0n) is 17.6. The van der Waals surface area contributed by atoms with E-state index in [0.717, 1.165) is 63.1 Å². The minimum Gasteiger partial charge on any atom is -0.496 e. The first-order valence-corrected chi connectivity index (χ1v) is 10.3. The topological polar surface area (TPSA) is 52.1 Å². The van der Waals surface area contributed by atoms with Gasteiger partial charge in [-0.25, -0.2) is 0 Å². The van der Waals surface area contributed by atoms with Crippen molar-refractivity contribution in [3.63, 3.8) is 0 Å². The number of rotatable bonds is 8. The van der Waals surface area contributed by atoms with Gasteiger partial charge in [0, 0.05) is 65.0 Å². The van der Waals surface area contributed by atoms with Crippen molar-refractivity contribution in [2.75, 3.05) is 53.4 Å². The van der Waals surface area contributed by atoms with Crippen molar-refractivity contribution < 1.29 is 4.74 Å². The van der Waals surface area contributed by atoms with Crippen LogP contribution in [-0.4, -0.2) is 69.2 Å². The van der Waals surface area contributed by atoms with Crippen molar-refractivity contribution in [2.24, 2.45) is 4.99 Å². The first kappa shape index (κ1) is 21.1. The molecule has 6 heteroatoms. The minimum atomic E-state index is 0.682. The van der Waals surface area contributed by atoms with E-state index in [2.05, 4.69) is 61.8 Å². The number of benzene rings is 2. The molecule has 2 N–H and O–H groups in total. The van der Waals surface area contributed by atoms with E-state index in [0.29, 0.717) is 6.54 Å². The predicted molar refractivity (Wildman–Crippen MR) is 119 cm³/mol. The molecule has 0 unspecified atom stereocenters. The van der Waals surface area contributed by atoms with Crippen LogP contribution in [0.1, 0.15) is 11.1 Å². The van der Waals surface area contributed by atoms with Gasteiger partial charge >= 0.3 is 0 Å². The fourth-order valence-electron chi connectivity index (χ4n) is 3.59. The predicted octanol–water partition coefficient (Wildman–Crippen LogP) is 2.18. The van der Waals surface area contributed by atoms with Gasteiger partial charge in [0.15, 0.2) is 5.96 Å². The highest BCUT2D eigenvalue weighted by molar-refractivity contribution is 5.79. The summed E-state index contributed by atoms with van der Waals surface area (Å²) in [5.41, 5.74) is 2.51. The van der Waals surface area contributed by atoms with Gasteiger partial charge in [0.1, 0.15) is 5.75 Å². The molecule has 1 saturated heterocycles. The first-order valence-electron chi connectivity index (χ1n) is 10.3. The van der Waals surface area contributed by atoms with E-state index in [4.69, 9.17) is 4.74 Å². The highest BCUT2D eigenvalue weighted by Crippen LogP contribution is 2.16. The molecular formula is C23H33N5O. The van der Waals surface area contributed by atoms with Crippen LogP contribution >= 0.6 is 0 Å². The molecule has 0 aromatic heterocycles. The van der Waals surface area contributed by atoms with Crippen molar-refractivity contribution >= 4 is 5.96 Å².